The third kappa shape index (κ3) is 2.57. The fraction of sp³-hybridized carbons (Fsp3) is 0.556. The van der Waals surface area contributed by atoms with Gasteiger partial charge in [-0.3, -0.25) is 4.99 Å². The van der Waals surface area contributed by atoms with Crippen molar-refractivity contribution in [3.63, 3.8) is 0 Å². The van der Waals surface area contributed by atoms with Crippen LogP contribution in [0.5, 0.6) is 0 Å². The van der Waals surface area contributed by atoms with Crippen LogP contribution < -0.4 is 5.73 Å². The standard InChI is InChI=1S/C9H15N3O/c1-6(2)9(10)11-4-8-5-13-12-7(8)3/h5-6H,4H2,1-3H3,(H2,10,11). The maximum atomic E-state index is 5.68. The largest absolute Gasteiger partial charge is 0.387 e. The lowest BCUT2D eigenvalue weighted by atomic mass is 10.2. The Morgan fingerprint density at radius 2 is 2.38 bits per heavy atom. The fourth-order valence-electron chi connectivity index (χ4n) is 0.824. The van der Waals surface area contributed by atoms with E-state index in [1.54, 1.807) is 6.26 Å². The second-order valence-electron chi connectivity index (χ2n) is 3.32. The molecule has 0 atom stereocenters. The molecule has 0 fully saturated rings. The average molecular weight is 181 g/mol. The van der Waals surface area contributed by atoms with E-state index in [4.69, 9.17) is 10.3 Å². The fourth-order valence-corrected chi connectivity index (χ4v) is 0.824. The molecule has 0 aliphatic rings. The molecule has 1 rings (SSSR count). The van der Waals surface area contributed by atoms with Crippen LogP contribution in [0.1, 0.15) is 25.1 Å². The minimum atomic E-state index is 0.292. The van der Waals surface area contributed by atoms with E-state index >= 15 is 0 Å². The molecule has 0 saturated carbocycles. The minimum Gasteiger partial charge on any atom is -0.387 e. The zero-order valence-electron chi connectivity index (χ0n) is 8.24. The number of amidine groups is 1. The van der Waals surface area contributed by atoms with Gasteiger partial charge in [0.2, 0.25) is 0 Å². The first kappa shape index (κ1) is 9.77. The van der Waals surface area contributed by atoms with E-state index in [0.717, 1.165) is 11.3 Å². The maximum Gasteiger partial charge on any atom is 0.129 e. The molecule has 2 N–H and O–H groups in total. The van der Waals surface area contributed by atoms with Gasteiger partial charge in [0.15, 0.2) is 0 Å². The van der Waals surface area contributed by atoms with Gasteiger partial charge in [-0.05, 0) is 6.92 Å². The van der Waals surface area contributed by atoms with Crippen molar-refractivity contribution in [2.45, 2.75) is 27.3 Å². The monoisotopic (exact) mass is 181 g/mol. The molecule has 13 heavy (non-hydrogen) atoms. The molecule has 4 heteroatoms. The molecule has 0 aliphatic carbocycles. The molecule has 0 saturated heterocycles. The molecule has 1 aromatic rings. The first-order chi connectivity index (χ1) is 6.11. The zero-order valence-corrected chi connectivity index (χ0v) is 8.24. The Balaban J connectivity index is 2.61. The molecule has 0 bridgehead atoms. The number of aliphatic imine (C=N–C) groups is 1. The Hall–Kier alpha value is -1.32. The third-order valence-corrected chi connectivity index (χ3v) is 1.87. The molecule has 0 radical (unpaired) electrons. The number of hydrogen-bond acceptors (Lipinski definition) is 3. The Kier molecular flexibility index (Phi) is 3.06. The van der Waals surface area contributed by atoms with Crippen LogP contribution in [0.2, 0.25) is 0 Å². The quantitative estimate of drug-likeness (QED) is 0.567. The van der Waals surface area contributed by atoms with E-state index in [9.17, 15) is 0 Å². The van der Waals surface area contributed by atoms with Crippen LogP contribution in [0.3, 0.4) is 0 Å². The molecule has 0 aromatic carbocycles. The average Bonchev–Trinajstić information content (AvgIpc) is 2.47. The summed E-state index contributed by atoms with van der Waals surface area (Å²) in [7, 11) is 0. The van der Waals surface area contributed by atoms with Crippen molar-refractivity contribution in [1.82, 2.24) is 5.16 Å². The molecular formula is C9H15N3O. The van der Waals surface area contributed by atoms with Crippen molar-refractivity contribution < 1.29 is 4.52 Å². The summed E-state index contributed by atoms with van der Waals surface area (Å²) in [6.45, 7) is 6.47. The molecule has 0 aliphatic heterocycles. The van der Waals surface area contributed by atoms with E-state index in [0.29, 0.717) is 18.3 Å². The van der Waals surface area contributed by atoms with Crippen molar-refractivity contribution in [3.8, 4) is 0 Å². The molecule has 0 amide bonds. The Bertz CT molecular complexity index is 302. The topological polar surface area (TPSA) is 64.4 Å². The van der Waals surface area contributed by atoms with Crippen molar-refractivity contribution in [1.29, 1.82) is 0 Å². The second kappa shape index (κ2) is 4.07. The first-order valence-electron chi connectivity index (χ1n) is 4.31. The Morgan fingerprint density at radius 1 is 1.69 bits per heavy atom. The summed E-state index contributed by atoms with van der Waals surface area (Å²) in [5.74, 6) is 0.959. The van der Waals surface area contributed by atoms with Gasteiger partial charge >= 0.3 is 0 Å². The van der Waals surface area contributed by atoms with E-state index in [2.05, 4.69) is 10.1 Å². The number of nitrogens with zero attached hydrogens (tertiary/aromatic N) is 2. The predicted octanol–water partition coefficient (Wildman–Crippen LogP) is 1.50. The van der Waals surface area contributed by atoms with E-state index < -0.39 is 0 Å². The highest BCUT2D eigenvalue weighted by molar-refractivity contribution is 5.82. The Labute approximate surface area is 77.8 Å². The summed E-state index contributed by atoms with van der Waals surface area (Å²) in [5.41, 5.74) is 7.55. The van der Waals surface area contributed by atoms with E-state index in [-0.39, 0.29) is 0 Å². The summed E-state index contributed by atoms with van der Waals surface area (Å²) < 4.78 is 4.78. The third-order valence-electron chi connectivity index (χ3n) is 1.87. The van der Waals surface area contributed by atoms with E-state index in [1.165, 1.54) is 0 Å². The molecule has 72 valence electrons. The summed E-state index contributed by atoms with van der Waals surface area (Å²) >= 11 is 0. The van der Waals surface area contributed by atoms with Gasteiger partial charge in [0, 0.05) is 11.5 Å². The lowest BCUT2D eigenvalue weighted by molar-refractivity contribution is 0.414. The number of aryl methyl sites for hydroxylation is 1. The van der Waals surface area contributed by atoms with Crippen LogP contribution in [0, 0.1) is 12.8 Å². The molecule has 1 heterocycles. The normalized spacial score (nSPS) is 12.5. The van der Waals surface area contributed by atoms with E-state index in [1.807, 2.05) is 20.8 Å². The number of rotatable bonds is 3. The smallest absolute Gasteiger partial charge is 0.129 e. The van der Waals surface area contributed by atoms with Gasteiger partial charge in [-0.1, -0.05) is 19.0 Å². The molecule has 1 aromatic heterocycles. The first-order valence-corrected chi connectivity index (χ1v) is 4.31. The van der Waals surface area contributed by atoms with Gasteiger partial charge in [0.25, 0.3) is 0 Å². The van der Waals surface area contributed by atoms with Crippen molar-refractivity contribution in [3.05, 3.63) is 17.5 Å². The molecule has 0 spiro atoms. The second-order valence-corrected chi connectivity index (χ2v) is 3.32. The minimum absolute atomic E-state index is 0.292. The van der Waals surface area contributed by atoms with Gasteiger partial charge in [-0.25, -0.2) is 0 Å². The van der Waals surface area contributed by atoms with Crippen LogP contribution in [-0.4, -0.2) is 11.0 Å². The lowest BCUT2D eigenvalue weighted by Gasteiger charge is -2.02. The number of hydrogen-bond donors (Lipinski definition) is 1. The zero-order chi connectivity index (χ0) is 9.84. The Morgan fingerprint density at radius 3 is 2.85 bits per heavy atom. The van der Waals surface area contributed by atoms with Crippen molar-refractivity contribution in [2.24, 2.45) is 16.6 Å². The van der Waals surface area contributed by atoms with Gasteiger partial charge in [0.05, 0.1) is 18.1 Å². The predicted molar refractivity (Wildman–Crippen MR) is 51.4 cm³/mol. The molecule has 4 nitrogen and oxygen atoms in total. The summed E-state index contributed by atoms with van der Waals surface area (Å²) in [6, 6.07) is 0. The number of nitrogens with two attached hydrogens (primary N) is 1. The van der Waals surface area contributed by atoms with Gasteiger partial charge in [-0.2, -0.15) is 0 Å². The summed E-state index contributed by atoms with van der Waals surface area (Å²) in [6.07, 6.45) is 1.60. The van der Waals surface area contributed by atoms with Crippen molar-refractivity contribution >= 4 is 5.84 Å². The van der Waals surface area contributed by atoms with Crippen LogP contribution in [0.25, 0.3) is 0 Å². The SMILES string of the molecule is Cc1nocc1CN=C(N)C(C)C. The van der Waals surface area contributed by atoms with Crippen LogP contribution in [-0.2, 0) is 6.54 Å². The van der Waals surface area contributed by atoms with Gasteiger partial charge in [-0.15, -0.1) is 0 Å². The van der Waals surface area contributed by atoms with Crippen molar-refractivity contribution in [2.75, 3.05) is 0 Å². The molecular weight excluding hydrogens is 166 g/mol. The van der Waals surface area contributed by atoms with Gasteiger partial charge < -0.3 is 10.3 Å². The summed E-state index contributed by atoms with van der Waals surface area (Å²) in [4.78, 5) is 4.22. The highest BCUT2D eigenvalue weighted by Crippen LogP contribution is 2.06. The maximum absolute atomic E-state index is 5.68. The van der Waals surface area contributed by atoms with Crippen LogP contribution in [0.4, 0.5) is 0 Å². The van der Waals surface area contributed by atoms with Gasteiger partial charge in [0.1, 0.15) is 6.26 Å². The molecule has 0 unspecified atom stereocenters. The van der Waals surface area contributed by atoms with Crippen LogP contribution >= 0.6 is 0 Å². The highest BCUT2D eigenvalue weighted by Gasteiger charge is 2.03. The summed E-state index contributed by atoms with van der Waals surface area (Å²) in [5, 5.41) is 3.75. The highest BCUT2D eigenvalue weighted by atomic mass is 16.5. The van der Waals surface area contributed by atoms with Crippen LogP contribution in [0.15, 0.2) is 15.8 Å². The number of aromatic nitrogens is 1. The lowest BCUT2D eigenvalue weighted by Crippen LogP contribution is -2.18.